The molecular formula is C8H12O3. The van der Waals surface area contributed by atoms with Crippen molar-refractivity contribution in [2.75, 3.05) is 7.11 Å². The van der Waals surface area contributed by atoms with Crippen LogP contribution in [-0.4, -0.2) is 18.3 Å². The first-order chi connectivity index (χ1) is 5.25. The van der Waals surface area contributed by atoms with Gasteiger partial charge in [0.1, 0.15) is 6.10 Å². The molecule has 1 heterocycles. The van der Waals surface area contributed by atoms with Gasteiger partial charge in [-0.3, -0.25) is 0 Å². The fourth-order valence-electron chi connectivity index (χ4n) is 0.843. The summed E-state index contributed by atoms with van der Waals surface area (Å²) >= 11 is 0. The number of aliphatic hydroxyl groups is 1. The lowest BCUT2D eigenvalue weighted by Gasteiger charge is -2.14. The molecule has 62 valence electrons. The fourth-order valence-corrected chi connectivity index (χ4v) is 0.843. The molecular weight excluding hydrogens is 144 g/mol. The summed E-state index contributed by atoms with van der Waals surface area (Å²) in [6.07, 6.45) is 2.24. The number of methoxy groups -OCH3 is 1. The summed E-state index contributed by atoms with van der Waals surface area (Å²) in [7, 11) is 1.56. The molecule has 2 unspecified atom stereocenters. The van der Waals surface area contributed by atoms with Crippen LogP contribution in [0.25, 0.3) is 0 Å². The molecule has 0 radical (unpaired) electrons. The summed E-state index contributed by atoms with van der Waals surface area (Å²) in [5, 5.41) is 9.49. The highest BCUT2D eigenvalue weighted by Crippen LogP contribution is 2.18. The van der Waals surface area contributed by atoms with Crippen molar-refractivity contribution in [1.82, 2.24) is 0 Å². The van der Waals surface area contributed by atoms with Gasteiger partial charge >= 0.3 is 0 Å². The van der Waals surface area contributed by atoms with E-state index in [4.69, 9.17) is 9.15 Å². The molecule has 1 aromatic rings. The van der Waals surface area contributed by atoms with Crippen molar-refractivity contribution < 1.29 is 14.3 Å². The molecule has 0 aromatic carbocycles. The maximum Gasteiger partial charge on any atom is 0.108 e. The Kier molecular flexibility index (Phi) is 2.68. The average Bonchev–Trinajstić information content (AvgIpc) is 2.53. The van der Waals surface area contributed by atoms with Crippen LogP contribution in [0, 0.1) is 0 Å². The molecule has 0 amide bonds. The second kappa shape index (κ2) is 3.55. The Labute approximate surface area is 65.6 Å². The highest BCUT2D eigenvalue weighted by Gasteiger charge is 2.15. The van der Waals surface area contributed by atoms with Crippen LogP contribution < -0.4 is 0 Å². The molecule has 1 N–H and O–H groups in total. The van der Waals surface area contributed by atoms with Crippen LogP contribution in [0.5, 0.6) is 0 Å². The molecule has 0 aliphatic heterocycles. The van der Waals surface area contributed by atoms with E-state index in [9.17, 15) is 5.11 Å². The van der Waals surface area contributed by atoms with Crippen molar-refractivity contribution in [3.8, 4) is 0 Å². The molecule has 0 aliphatic carbocycles. The highest BCUT2D eigenvalue weighted by atomic mass is 16.5. The molecule has 2 atom stereocenters. The Morgan fingerprint density at radius 2 is 2.36 bits per heavy atom. The first-order valence-corrected chi connectivity index (χ1v) is 3.48. The molecule has 1 aromatic heterocycles. The van der Waals surface area contributed by atoms with E-state index in [0.29, 0.717) is 0 Å². The first kappa shape index (κ1) is 8.30. The Hall–Kier alpha value is -0.800. The monoisotopic (exact) mass is 156 g/mol. The van der Waals surface area contributed by atoms with Gasteiger partial charge in [-0.05, 0) is 13.0 Å². The Morgan fingerprint density at radius 1 is 1.64 bits per heavy atom. The third kappa shape index (κ3) is 1.82. The van der Waals surface area contributed by atoms with Gasteiger partial charge in [0.25, 0.3) is 0 Å². The van der Waals surface area contributed by atoms with E-state index in [0.717, 1.165) is 5.56 Å². The fraction of sp³-hybridized carbons (Fsp3) is 0.500. The molecule has 11 heavy (non-hydrogen) atoms. The van der Waals surface area contributed by atoms with E-state index in [1.165, 1.54) is 12.5 Å². The zero-order valence-corrected chi connectivity index (χ0v) is 6.65. The minimum Gasteiger partial charge on any atom is -0.472 e. The van der Waals surface area contributed by atoms with Crippen molar-refractivity contribution in [3.05, 3.63) is 24.2 Å². The molecule has 0 aliphatic rings. The average molecular weight is 156 g/mol. The Balaban J connectivity index is 2.62. The summed E-state index contributed by atoms with van der Waals surface area (Å²) in [6, 6.07) is 1.72. The number of rotatable bonds is 3. The van der Waals surface area contributed by atoms with Crippen LogP contribution in [0.1, 0.15) is 18.6 Å². The maximum absolute atomic E-state index is 9.49. The number of aliphatic hydroxyl groups excluding tert-OH is 1. The van der Waals surface area contributed by atoms with Gasteiger partial charge in [0.2, 0.25) is 0 Å². The predicted octanol–water partition coefficient (Wildman–Crippen LogP) is 1.35. The molecule has 0 saturated carbocycles. The summed E-state index contributed by atoms with van der Waals surface area (Å²) in [4.78, 5) is 0. The Morgan fingerprint density at radius 3 is 2.82 bits per heavy atom. The summed E-state index contributed by atoms with van der Waals surface area (Å²) in [5.41, 5.74) is 0.749. The van der Waals surface area contributed by atoms with Gasteiger partial charge in [-0.1, -0.05) is 0 Å². The molecule has 3 heteroatoms. The van der Waals surface area contributed by atoms with Crippen LogP contribution >= 0.6 is 0 Å². The predicted molar refractivity (Wildman–Crippen MR) is 40.1 cm³/mol. The number of hydrogen-bond donors (Lipinski definition) is 1. The second-order valence-electron chi connectivity index (χ2n) is 2.44. The van der Waals surface area contributed by atoms with Crippen molar-refractivity contribution in [3.63, 3.8) is 0 Å². The second-order valence-corrected chi connectivity index (χ2v) is 2.44. The highest BCUT2D eigenvalue weighted by molar-refractivity contribution is 5.10. The van der Waals surface area contributed by atoms with Crippen LogP contribution in [0.3, 0.4) is 0 Å². The van der Waals surface area contributed by atoms with E-state index in [2.05, 4.69) is 0 Å². The van der Waals surface area contributed by atoms with Crippen LogP contribution in [0.15, 0.2) is 23.0 Å². The van der Waals surface area contributed by atoms with Crippen molar-refractivity contribution in [2.45, 2.75) is 19.1 Å². The minimum atomic E-state index is -0.598. The van der Waals surface area contributed by atoms with Crippen LogP contribution in [0.4, 0.5) is 0 Å². The number of furan rings is 1. The van der Waals surface area contributed by atoms with E-state index >= 15 is 0 Å². The summed E-state index contributed by atoms with van der Waals surface area (Å²) in [6.45, 7) is 1.80. The topological polar surface area (TPSA) is 42.6 Å². The Bertz CT molecular complexity index is 193. The van der Waals surface area contributed by atoms with Crippen LogP contribution in [0.2, 0.25) is 0 Å². The molecule has 0 fully saturated rings. The van der Waals surface area contributed by atoms with Gasteiger partial charge in [-0.25, -0.2) is 0 Å². The third-order valence-corrected chi connectivity index (χ3v) is 1.70. The lowest BCUT2D eigenvalue weighted by Crippen LogP contribution is -2.15. The standard InChI is InChI=1S/C8H12O3/c1-6(10-2)8(9)7-3-4-11-5-7/h3-6,8-9H,1-2H3. The van der Waals surface area contributed by atoms with E-state index in [1.807, 2.05) is 0 Å². The van der Waals surface area contributed by atoms with Gasteiger partial charge in [-0.15, -0.1) is 0 Å². The smallest absolute Gasteiger partial charge is 0.108 e. The molecule has 1 rings (SSSR count). The van der Waals surface area contributed by atoms with Crippen molar-refractivity contribution >= 4 is 0 Å². The van der Waals surface area contributed by atoms with Crippen molar-refractivity contribution in [2.24, 2.45) is 0 Å². The third-order valence-electron chi connectivity index (χ3n) is 1.70. The first-order valence-electron chi connectivity index (χ1n) is 3.48. The van der Waals surface area contributed by atoms with Gasteiger partial charge in [0.05, 0.1) is 18.6 Å². The van der Waals surface area contributed by atoms with Gasteiger partial charge < -0.3 is 14.3 Å². The normalized spacial score (nSPS) is 16.3. The van der Waals surface area contributed by atoms with Gasteiger partial charge in [0.15, 0.2) is 0 Å². The quantitative estimate of drug-likeness (QED) is 0.718. The number of ether oxygens (including phenoxy) is 1. The van der Waals surface area contributed by atoms with E-state index in [1.54, 1.807) is 20.1 Å². The summed E-state index contributed by atoms with van der Waals surface area (Å²) < 4.78 is 9.76. The van der Waals surface area contributed by atoms with E-state index in [-0.39, 0.29) is 6.10 Å². The lowest BCUT2D eigenvalue weighted by molar-refractivity contribution is -0.00169. The minimum absolute atomic E-state index is 0.201. The lowest BCUT2D eigenvalue weighted by atomic mass is 10.1. The van der Waals surface area contributed by atoms with Crippen molar-refractivity contribution in [1.29, 1.82) is 0 Å². The summed E-state index contributed by atoms with van der Waals surface area (Å²) in [5.74, 6) is 0. The van der Waals surface area contributed by atoms with Crippen LogP contribution in [-0.2, 0) is 4.74 Å². The largest absolute Gasteiger partial charge is 0.472 e. The molecule has 0 saturated heterocycles. The van der Waals surface area contributed by atoms with Gasteiger partial charge in [0, 0.05) is 12.7 Å². The molecule has 0 bridgehead atoms. The SMILES string of the molecule is COC(C)C(O)c1ccoc1. The number of hydrogen-bond acceptors (Lipinski definition) is 3. The zero-order chi connectivity index (χ0) is 8.27. The maximum atomic E-state index is 9.49. The van der Waals surface area contributed by atoms with E-state index < -0.39 is 6.10 Å². The molecule has 0 spiro atoms. The van der Waals surface area contributed by atoms with Gasteiger partial charge in [-0.2, -0.15) is 0 Å². The zero-order valence-electron chi connectivity index (χ0n) is 6.65. The molecule has 3 nitrogen and oxygen atoms in total.